The first-order valence-electron chi connectivity index (χ1n) is 4.51. The van der Waals surface area contributed by atoms with E-state index in [1.54, 1.807) is 25.4 Å². The zero-order valence-corrected chi connectivity index (χ0v) is 9.58. The molecule has 1 aromatic carbocycles. The number of Topliss-reactive ketones (excluding diaryl/α,β-unsaturated/α-hetero) is 1. The maximum atomic E-state index is 11.6. The van der Waals surface area contributed by atoms with Gasteiger partial charge < -0.3 is 4.90 Å². The van der Waals surface area contributed by atoms with Crippen LogP contribution in [0, 0.1) is 0 Å². The SMILES string of the molecule is CSCC(=O)C(=O)N(C)c1ccccc1. The first-order chi connectivity index (χ1) is 7.16. The van der Waals surface area contributed by atoms with Crippen molar-refractivity contribution in [3.8, 4) is 0 Å². The molecule has 0 saturated heterocycles. The van der Waals surface area contributed by atoms with Crippen LogP contribution in [-0.4, -0.2) is 30.7 Å². The van der Waals surface area contributed by atoms with Gasteiger partial charge in [0, 0.05) is 12.7 Å². The summed E-state index contributed by atoms with van der Waals surface area (Å²) in [6.45, 7) is 0. The molecule has 0 aliphatic rings. The van der Waals surface area contributed by atoms with Crippen molar-refractivity contribution in [3.63, 3.8) is 0 Å². The van der Waals surface area contributed by atoms with Gasteiger partial charge in [0.1, 0.15) is 0 Å². The lowest BCUT2D eigenvalue weighted by Crippen LogP contribution is -2.34. The second-order valence-corrected chi connectivity index (χ2v) is 3.92. The molecule has 0 spiro atoms. The highest BCUT2D eigenvalue weighted by Gasteiger charge is 2.18. The molecule has 0 aliphatic carbocycles. The van der Waals surface area contributed by atoms with Gasteiger partial charge in [0.2, 0.25) is 5.78 Å². The van der Waals surface area contributed by atoms with Crippen molar-refractivity contribution in [1.29, 1.82) is 0 Å². The minimum Gasteiger partial charge on any atom is -0.309 e. The summed E-state index contributed by atoms with van der Waals surface area (Å²) in [6.07, 6.45) is 1.80. The zero-order valence-electron chi connectivity index (χ0n) is 8.77. The minimum atomic E-state index is -0.462. The third kappa shape index (κ3) is 3.09. The number of para-hydroxylation sites is 1. The normalized spacial score (nSPS) is 9.73. The largest absolute Gasteiger partial charge is 0.309 e. The van der Waals surface area contributed by atoms with E-state index in [1.165, 1.54) is 16.7 Å². The maximum absolute atomic E-state index is 11.6. The fourth-order valence-corrected chi connectivity index (χ4v) is 1.53. The molecular formula is C11H13NO2S. The molecule has 15 heavy (non-hydrogen) atoms. The van der Waals surface area contributed by atoms with Crippen LogP contribution in [0.15, 0.2) is 30.3 Å². The second-order valence-electron chi connectivity index (χ2n) is 3.06. The van der Waals surface area contributed by atoms with Crippen molar-refractivity contribution >= 4 is 29.1 Å². The fraction of sp³-hybridized carbons (Fsp3) is 0.273. The van der Waals surface area contributed by atoms with E-state index in [0.29, 0.717) is 0 Å². The lowest BCUT2D eigenvalue weighted by molar-refractivity contribution is -0.134. The Kier molecular flexibility index (Phi) is 4.37. The van der Waals surface area contributed by atoms with Gasteiger partial charge in [-0.2, -0.15) is 11.8 Å². The van der Waals surface area contributed by atoms with Crippen molar-refractivity contribution < 1.29 is 9.59 Å². The Morgan fingerprint density at radius 3 is 2.40 bits per heavy atom. The number of thioether (sulfide) groups is 1. The van der Waals surface area contributed by atoms with Crippen LogP contribution in [0.3, 0.4) is 0 Å². The molecule has 0 N–H and O–H groups in total. The van der Waals surface area contributed by atoms with Crippen LogP contribution in [-0.2, 0) is 9.59 Å². The van der Waals surface area contributed by atoms with Gasteiger partial charge in [0.05, 0.1) is 5.75 Å². The van der Waals surface area contributed by atoms with Gasteiger partial charge in [-0.3, -0.25) is 9.59 Å². The number of carbonyl (C=O) groups excluding carboxylic acids is 2. The van der Waals surface area contributed by atoms with Crippen LogP contribution >= 0.6 is 11.8 Å². The van der Waals surface area contributed by atoms with Crippen LogP contribution in [0.2, 0.25) is 0 Å². The van der Waals surface area contributed by atoms with E-state index in [9.17, 15) is 9.59 Å². The molecule has 0 radical (unpaired) electrons. The molecule has 0 atom stereocenters. The topological polar surface area (TPSA) is 37.4 Å². The van der Waals surface area contributed by atoms with E-state index in [2.05, 4.69) is 0 Å². The summed E-state index contributed by atoms with van der Waals surface area (Å²) in [5, 5.41) is 0. The predicted molar refractivity (Wildman–Crippen MR) is 63.2 cm³/mol. The summed E-state index contributed by atoms with van der Waals surface area (Å²) in [4.78, 5) is 24.3. The monoisotopic (exact) mass is 223 g/mol. The van der Waals surface area contributed by atoms with Gasteiger partial charge in [-0.05, 0) is 18.4 Å². The van der Waals surface area contributed by atoms with Gasteiger partial charge in [-0.15, -0.1) is 0 Å². The number of anilines is 1. The smallest absolute Gasteiger partial charge is 0.294 e. The summed E-state index contributed by atoms with van der Waals surface area (Å²) in [6, 6.07) is 9.12. The van der Waals surface area contributed by atoms with E-state index < -0.39 is 5.91 Å². The molecule has 0 saturated carbocycles. The lowest BCUT2D eigenvalue weighted by Gasteiger charge is -2.15. The first-order valence-corrected chi connectivity index (χ1v) is 5.91. The average Bonchev–Trinajstić information content (AvgIpc) is 2.28. The van der Waals surface area contributed by atoms with E-state index in [1.807, 2.05) is 18.2 Å². The Balaban J connectivity index is 2.73. The van der Waals surface area contributed by atoms with Gasteiger partial charge in [0.25, 0.3) is 5.91 Å². The van der Waals surface area contributed by atoms with Crippen molar-refractivity contribution in [2.24, 2.45) is 0 Å². The number of nitrogens with zero attached hydrogens (tertiary/aromatic N) is 1. The van der Waals surface area contributed by atoms with Gasteiger partial charge in [-0.25, -0.2) is 0 Å². The summed E-state index contributed by atoms with van der Waals surface area (Å²) in [5.74, 6) is -0.597. The van der Waals surface area contributed by atoms with Gasteiger partial charge in [-0.1, -0.05) is 18.2 Å². The van der Waals surface area contributed by atoms with Crippen LogP contribution in [0.4, 0.5) is 5.69 Å². The highest BCUT2D eigenvalue weighted by atomic mass is 32.2. The highest BCUT2D eigenvalue weighted by molar-refractivity contribution is 7.99. The summed E-state index contributed by atoms with van der Waals surface area (Å²) < 4.78 is 0. The molecule has 1 rings (SSSR count). The van der Waals surface area contributed by atoms with Gasteiger partial charge >= 0.3 is 0 Å². The maximum Gasteiger partial charge on any atom is 0.294 e. The van der Waals surface area contributed by atoms with Crippen molar-refractivity contribution in [2.75, 3.05) is 24.0 Å². The Bertz CT molecular complexity index is 351. The van der Waals surface area contributed by atoms with Crippen LogP contribution < -0.4 is 4.90 Å². The standard InChI is InChI=1S/C11H13NO2S/c1-12(9-6-4-3-5-7-9)11(14)10(13)8-15-2/h3-7H,8H2,1-2H3. The number of benzene rings is 1. The Morgan fingerprint density at radius 1 is 1.27 bits per heavy atom. The highest BCUT2D eigenvalue weighted by Crippen LogP contribution is 2.11. The van der Waals surface area contributed by atoms with E-state index in [-0.39, 0.29) is 11.5 Å². The third-order valence-corrected chi connectivity index (χ3v) is 2.51. The molecule has 0 unspecified atom stereocenters. The van der Waals surface area contributed by atoms with Crippen molar-refractivity contribution in [1.82, 2.24) is 0 Å². The quantitative estimate of drug-likeness (QED) is 0.727. The van der Waals surface area contributed by atoms with Crippen LogP contribution in [0.1, 0.15) is 0 Å². The van der Waals surface area contributed by atoms with Crippen LogP contribution in [0.5, 0.6) is 0 Å². The zero-order chi connectivity index (χ0) is 11.3. The number of likely N-dealkylation sites (N-methyl/N-ethyl adjacent to an activating group) is 1. The van der Waals surface area contributed by atoms with Crippen molar-refractivity contribution in [2.45, 2.75) is 0 Å². The summed E-state index contributed by atoms with van der Waals surface area (Å²) in [7, 11) is 1.61. The fourth-order valence-electron chi connectivity index (χ4n) is 1.15. The Hall–Kier alpha value is -1.29. The molecule has 0 fully saturated rings. The van der Waals surface area contributed by atoms with E-state index >= 15 is 0 Å². The second kappa shape index (κ2) is 5.56. The predicted octanol–water partition coefficient (Wildman–Crippen LogP) is 1.58. The first kappa shape index (κ1) is 11.8. The number of amides is 1. The number of rotatable bonds is 4. The molecule has 4 heteroatoms. The molecule has 0 aliphatic heterocycles. The summed E-state index contributed by atoms with van der Waals surface area (Å²) in [5.41, 5.74) is 0.733. The molecule has 0 bridgehead atoms. The van der Waals surface area contributed by atoms with E-state index in [0.717, 1.165) is 5.69 Å². The summed E-state index contributed by atoms with van der Waals surface area (Å²) >= 11 is 1.35. The van der Waals surface area contributed by atoms with E-state index in [4.69, 9.17) is 0 Å². The third-order valence-electron chi connectivity index (χ3n) is 1.96. The molecule has 0 aromatic heterocycles. The number of carbonyl (C=O) groups is 2. The Labute approximate surface area is 93.5 Å². The Morgan fingerprint density at radius 2 is 1.87 bits per heavy atom. The molecular weight excluding hydrogens is 210 g/mol. The molecule has 3 nitrogen and oxygen atoms in total. The van der Waals surface area contributed by atoms with Gasteiger partial charge in [0.15, 0.2) is 0 Å². The van der Waals surface area contributed by atoms with Crippen LogP contribution in [0.25, 0.3) is 0 Å². The van der Waals surface area contributed by atoms with Crippen molar-refractivity contribution in [3.05, 3.63) is 30.3 Å². The number of hydrogen-bond donors (Lipinski definition) is 0. The average molecular weight is 223 g/mol. The molecule has 1 amide bonds. The molecule has 80 valence electrons. The number of hydrogen-bond acceptors (Lipinski definition) is 3. The minimum absolute atomic E-state index is 0.232. The lowest BCUT2D eigenvalue weighted by atomic mass is 10.3. The number of ketones is 1. The molecule has 1 aromatic rings. The molecule has 0 heterocycles.